The van der Waals surface area contributed by atoms with Gasteiger partial charge in [-0.2, -0.15) is 0 Å². The number of rotatable bonds is 27. The molecule has 0 aliphatic rings. The summed E-state index contributed by atoms with van der Waals surface area (Å²) < 4.78 is 0. The van der Waals surface area contributed by atoms with Crippen LogP contribution in [0.1, 0.15) is 188 Å². The first-order chi connectivity index (χ1) is 16.5. The van der Waals surface area contributed by atoms with Gasteiger partial charge in [0.2, 0.25) is 0 Å². The van der Waals surface area contributed by atoms with E-state index in [9.17, 15) is 9.90 Å². The molecule has 204 valence electrons. The second-order valence-corrected chi connectivity index (χ2v) is 11.6. The molecule has 0 amide bonds. The Kier molecular flexibility index (Phi) is 23.8. The Morgan fingerprint density at radius 1 is 0.559 bits per heavy atom. The first kappa shape index (κ1) is 33.5. The summed E-state index contributed by atoms with van der Waals surface area (Å²) in [6.07, 6.45) is 32.3. The second kappa shape index (κ2) is 24.2. The van der Waals surface area contributed by atoms with Gasteiger partial charge in [-0.25, -0.2) is 0 Å². The third-order valence-corrected chi connectivity index (χ3v) is 8.02. The van der Waals surface area contributed by atoms with Gasteiger partial charge >= 0.3 is 5.97 Å². The monoisotopic (exact) mass is 480 g/mol. The Balaban J connectivity index is 4.29. The lowest BCUT2D eigenvalue weighted by atomic mass is 9.74. The molecule has 0 aromatic heterocycles. The molecule has 1 N–H and O–H groups in total. The first-order valence-corrected chi connectivity index (χ1v) is 15.7. The van der Waals surface area contributed by atoms with E-state index < -0.39 is 11.4 Å². The summed E-state index contributed by atoms with van der Waals surface area (Å²) in [5.74, 6) is 0.0308. The largest absolute Gasteiger partial charge is 0.481 e. The predicted molar refractivity (Wildman–Crippen MR) is 152 cm³/mol. The van der Waals surface area contributed by atoms with Crippen LogP contribution in [0, 0.1) is 11.3 Å². The molecular formula is C32H64O2. The number of carbonyl (C=O) groups is 1. The van der Waals surface area contributed by atoms with Crippen LogP contribution in [0.5, 0.6) is 0 Å². The summed E-state index contributed by atoms with van der Waals surface area (Å²) in [5.41, 5.74) is -0.529. The maximum Gasteiger partial charge on any atom is 0.309 e. The van der Waals surface area contributed by atoms with Crippen LogP contribution in [-0.4, -0.2) is 11.1 Å². The molecule has 0 heterocycles. The van der Waals surface area contributed by atoms with Gasteiger partial charge in [0.05, 0.1) is 5.41 Å². The zero-order valence-electron chi connectivity index (χ0n) is 24.1. The van der Waals surface area contributed by atoms with Gasteiger partial charge in [-0.1, -0.05) is 168 Å². The Hall–Kier alpha value is -0.530. The van der Waals surface area contributed by atoms with Crippen LogP contribution in [0.25, 0.3) is 0 Å². The fraction of sp³-hybridized carbons (Fsp3) is 0.969. The summed E-state index contributed by atoms with van der Waals surface area (Å²) >= 11 is 0. The molecule has 0 aromatic rings. The molecule has 2 atom stereocenters. The van der Waals surface area contributed by atoms with E-state index in [1.807, 2.05) is 6.92 Å². The van der Waals surface area contributed by atoms with Gasteiger partial charge in [-0.05, 0) is 25.7 Å². The minimum atomic E-state index is -0.564. The lowest BCUT2D eigenvalue weighted by Crippen LogP contribution is -2.30. The predicted octanol–water partition coefficient (Wildman–Crippen LogP) is 11.5. The van der Waals surface area contributed by atoms with Crippen molar-refractivity contribution in [1.82, 2.24) is 0 Å². The summed E-state index contributed by atoms with van der Waals surface area (Å²) in [7, 11) is 0. The van der Waals surface area contributed by atoms with E-state index in [1.54, 1.807) is 0 Å². The van der Waals surface area contributed by atoms with Crippen LogP contribution in [0.3, 0.4) is 0 Å². The van der Waals surface area contributed by atoms with Crippen molar-refractivity contribution in [2.45, 2.75) is 188 Å². The number of carboxylic acids is 1. The van der Waals surface area contributed by atoms with Crippen LogP contribution in [-0.2, 0) is 4.79 Å². The fourth-order valence-corrected chi connectivity index (χ4v) is 5.53. The average molecular weight is 481 g/mol. The highest BCUT2D eigenvalue weighted by Crippen LogP contribution is 2.36. The van der Waals surface area contributed by atoms with Gasteiger partial charge in [0.15, 0.2) is 0 Å². The molecule has 2 heteroatoms. The maximum atomic E-state index is 12.2. The van der Waals surface area contributed by atoms with Gasteiger partial charge in [0, 0.05) is 0 Å². The molecule has 34 heavy (non-hydrogen) atoms. The van der Waals surface area contributed by atoms with Crippen molar-refractivity contribution in [1.29, 1.82) is 0 Å². The van der Waals surface area contributed by atoms with Gasteiger partial charge in [0.1, 0.15) is 0 Å². The summed E-state index contributed by atoms with van der Waals surface area (Å²) in [5, 5.41) is 10.0. The smallest absolute Gasteiger partial charge is 0.309 e. The van der Waals surface area contributed by atoms with Gasteiger partial charge in [0.25, 0.3) is 0 Å². The summed E-state index contributed by atoms with van der Waals surface area (Å²) in [6.45, 7) is 8.79. The lowest BCUT2D eigenvalue weighted by Gasteiger charge is -2.30. The molecule has 0 saturated heterocycles. The topological polar surface area (TPSA) is 37.3 Å². The molecular weight excluding hydrogens is 416 g/mol. The minimum Gasteiger partial charge on any atom is -0.481 e. The number of unbranched alkanes of at least 4 members (excludes halogenated alkanes) is 18. The van der Waals surface area contributed by atoms with E-state index >= 15 is 0 Å². The molecule has 0 spiro atoms. The van der Waals surface area contributed by atoms with Gasteiger partial charge in [-0.15, -0.1) is 0 Å². The maximum absolute atomic E-state index is 12.2. The normalized spacial score (nSPS) is 14.2. The van der Waals surface area contributed by atoms with E-state index in [0.717, 1.165) is 32.1 Å². The molecule has 0 aliphatic carbocycles. The molecule has 0 saturated carbocycles. The van der Waals surface area contributed by atoms with E-state index in [0.29, 0.717) is 5.92 Å². The highest BCUT2D eigenvalue weighted by Gasteiger charge is 2.34. The summed E-state index contributed by atoms with van der Waals surface area (Å²) in [4.78, 5) is 12.2. The van der Waals surface area contributed by atoms with Crippen molar-refractivity contribution in [3.63, 3.8) is 0 Å². The van der Waals surface area contributed by atoms with Crippen molar-refractivity contribution < 1.29 is 9.90 Å². The Bertz CT molecular complexity index is 433. The van der Waals surface area contributed by atoms with Crippen molar-refractivity contribution in [2.75, 3.05) is 0 Å². The minimum absolute atomic E-state index is 0.529. The number of aliphatic carboxylic acids is 1. The zero-order valence-corrected chi connectivity index (χ0v) is 24.1. The van der Waals surface area contributed by atoms with Crippen LogP contribution in [0.15, 0.2) is 0 Å². The lowest BCUT2D eigenvalue weighted by molar-refractivity contribution is -0.149. The number of hydrogen-bond donors (Lipinski definition) is 1. The van der Waals surface area contributed by atoms with Crippen molar-refractivity contribution in [2.24, 2.45) is 11.3 Å². The van der Waals surface area contributed by atoms with Crippen LogP contribution < -0.4 is 0 Å². The molecule has 0 aromatic carbocycles. The molecule has 0 aliphatic heterocycles. The molecule has 0 bridgehead atoms. The molecule has 2 nitrogen and oxygen atoms in total. The Morgan fingerprint density at radius 2 is 0.882 bits per heavy atom. The zero-order chi connectivity index (χ0) is 25.3. The van der Waals surface area contributed by atoms with E-state index in [4.69, 9.17) is 0 Å². The van der Waals surface area contributed by atoms with E-state index in [-0.39, 0.29) is 0 Å². The molecule has 2 unspecified atom stereocenters. The van der Waals surface area contributed by atoms with Crippen molar-refractivity contribution in [3.8, 4) is 0 Å². The summed E-state index contributed by atoms with van der Waals surface area (Å²) in [6, 6.07) is 0. The van der Waals surface area contributed by atoms with Crippen LogP contribution in [0.4, 0.5) is 0 Å². The van der Waals surface area contributed by atoms with Crippen LogP contribution >= 0.6 is 0 Å². The molecule has 0 fully saturated rings. The Morgan fingerprint density at radius 3 is 1.24 bits per heavy atom. The second-order valence-electron chi connectivity index (χ2n) is 11.6. The molecule has 0 radical (unpaired) electrons. The highest BCUT2D eigenvalue weighted by molar-refractivity contribution is 5.74. The van der Waals surface area contributed by atoms with E-state index in [1.165, 1.54) is 128 Å². The average Bonchev–Trinajstić information content (AvgIpc) is 2.81. The van der Waals surface area contributed by atoms with E-state index in [2.05, 4.69) is 20.8 Å². The quantitative estimate of drug-likeness (QED) is 0.119. The first-order valence-electron chi connectivity index (χ1n) is 15.7. The third kappa shape index (κ3) is 19.7. The third-order valence-electron chi connectivity index (χ3n) is 8.02. The SMILES string of the molecule is CCCCCCCCCCCCCCC(CCCCCCCC)CC(C)(CCCCC)C(=O)O. The fourth-order valence-electron chi connectivity index (χ4n) is 5.53. The van der Waals surface area contributed by atoms with Gasteiger partial charge < -0.3 is 5.11 Å². The Labute approximate surface area is 215 Å². The van der Waals surface area contributed by atoms with Gasteiger partial charge in [-0.3, -0.25) is 4.79 Å². The van der Waals surface area contributed by atoms with Crippen molar-refractivity contribution >= 4 is 5.97 Å². The molecule has 0 rings (SSSR count). The number of hydrogen-bond acceptors (Lipinski definition) is 1. The standard InChI is InChI=1S/C32H64O2/c1-5-8-11-13-15-16-17-18-19-20-22-24-27-30(26-23-21-14-12-9-6-2)29-32(4,31(33)34)28-25-10-7-3/h30H,5-29H2,1-4H3,(H,33,34). The van der Waals surface area contributed by atoms with Crippen molar-refractivity contribution in [3.05, 3.63) is 0 Å². The highest BCUT2D eigenvalue weighted by atomic mass is 16.4. The number of carboxylic acid groups (broad SMARTS) is 1. The van der Waals surface area contributed by atoms with Crippen LogP contribution in [0.2, 0.25) is 0 Å².